The van der Waals surface area contributed by atoms with E-state index in [9.17, 15) is 4.79 Å². The van der Waals surface area contributed by atoms with Crippen molar-refractivity contribution < 1.29 is 10.0 Å². The number of carbonyl (C=O) groups excluding carboxylic acids is 1. The maximum atomic E-state index is 12.0. The third-order valence-electron chi connectivity index (χ3n) is 3.06. The summed E-state index contributed by atoms with van der Waals surface area (Å²) in [6.07, 6.45) is 0. The van der Waals surface area contributed by atoms with E-state index in [0.29, 0.717) is 5.01 Å². The fourth-order valence-corrected chi connectivity index (χ4v) is 3.22. The summed E-state index contributed by atoms with van der Waals surface area (Å²) in [5.41, 5.74) is 3.40. The van der Waals surface area contributed by atoms with Crippen molar-refractivity contribution in [2.24, 2.45) is 0 Å². The first-order valence-corrected chi connectivity index (χ1v) is 6.95. The number of carbonyl (C=O) groups is 1. The monoisotopic (exact) mass is 284 g/mol. The Hall–Kier alpha value is -2.24. The van der Waals surface area contributed by atoms with Gasteiger partial charge >= 0.3 is 0 Å². The molecular weight excluding hydrogens is 272 g/mol. The number of hydroxylamine groups is 1. The highest BCUT2D eigenvalue weighted by molar-refractivity contribution is 7.18. The Bertz CT molecular complexity index is 707. The summed E-state index contributed by atoms with van der Waals surface area (Å²) in [6, 6.07) is 17.0. The molecule has 0 bridgehead atoms. The molecule has 1 heterocycles. The van der Waals surface area contributed by atoms with E-state index >= 15 is 0 Å². The molecule has 5 heteroatoms. The highest BCUT2D eigenvalue weighted by Crippen LogP contribution is 2.31. The molecule has 0 saturated carbocycles. The van der Waals surface area contributed by atoms with Crippen molar-refractivity contribution in [2.45, 2.75) is 5.92 Å². The zero-order chi connectivity index (χ0) is 13.9. The molecule has 0 radical (unpaired) electrons. The van der Waals surface area contributed by atoms with E-state index in [1.807, 2.05) is 54.6 Å². The van der Waals surface area contributed by atoms with Gasteiger partial charge in [-0.2, -0.15) is 0 Å². The Kier molecular flexibility index (Phi) is 3.45. The van der Waals surface area contributed by atoms with Crippen LogP contribution >= 0.6 is 11.3 Å². The van der Waals surface area contributed by atoms with E-state index in [1.165, 1.54) is 11.3 Å². The lowest BCUT2D eigenvalue weighted by molar-refractivity contribution is -0.129. The van der Waals surface area contributed by atoms with Crippen LogP contribution in [0, 0.1) is 0 Å². The number of nitrogens with one attached hydrogen (secondary N) is 1. The summed E-state index contributed by atoms with van der Waals surface area (Å²) in [4.78, 5) is 16.5. The first kappa shape index (κ1) is 12.8. The number of hydrogen-bond acceptors (Lipinski definition) is 4. The molecule has 2 aromatic carbocycles. The molecule has 1 unspecified atom stereocenters. The van der Waals surface area contributed by atoms with Gasteiger partial charge in [0.15, 0.2) is 0 Å². The average Bonchev–Trinajstić information content (AvgIpc) is 2.91. The maximum Gasteiger partial charge on any atom is 0.257 e. The second kappa shape index (κ2) is 5.40. The highest BCUT2D eigenvalue weighted by Gasteiger charge is 2.25. The summed E-state index contributed by atoms with van der Waals surface area (Å²) in [5.74, 6) is -1.08. The lowest BCUT2D eigenvalue weighted by atomic mass is 9.99. The summed E-state index contributed by atoms with van der Waals surface area (Å²) in [6.45, 7) is 0. The van der Waals surface area contributed by atoms with Crippen LogP contribution in [0.4, 0.5) is 0 Å². The zero-order valence-corrected chi connectivity index (χ0v) is 11.3. The molecule has 0 spiro atoms. The normalized spacial score (nSPS) is 12.2. The quantitative estimate of drug-likeness (QED) is 0.574. The number of amides is 1. The number of nitrogens with zero attached hydrogens (tertiary/aromatic N) is 1. The highest BCUT2D eigenvalue weighted by atomic mass is 32.1. The van der Waals surface area contributed by atoms with E-state index in [-0.39, 0.29) is 0 Å². The van der Waals surface area contributed by atoms with Crippen molar-refractivity contribution >= 4 is 27.5 Å². The Morgan fingerprint density at radius 1 is 1.10 bits per heavy atom. The second-order valence-electron chi connectivity index (χ2n) is 4.34. The number of hydrogen-bond donors (Lipinski definition) is 2. The Balaban J connectivity index is 2.12. The Morgan fingerprint density at radius 3 is 2.50 bits per heavy atom. The molecular formula is C15H12N2O2S. The minimum atomic E-state index is -0.599. The summed E-state index contributed by atoms with van der Waals surface area (Å²) in [5, 5.41) is 9.65. The SMILES string of the molecule is O=C(NO)C(c1ccccc1)c1nc2ccccc2s1. The predicted molar refractivity (Wildman–Crippen MR) is 77.8 cm³/mol. The third-order valence-corrected chi connectivity index (χ3v) is 4.16. The van der Waals surface area contributed by atoms with E-state index in [0.717, 1.165) is 15.8 Å². The van der Waals surface area contributed by atoms with Crippen molar-refractivity contribution in [2.75, 3.05) is 0 Å². The van der Waals surface area contributed by atoms with Crippen LogP contribution in [-0.2, 0) is 4.79 Å². The van der Waals surface area contributed by atoms with Gasteiger partial charge in [0.05, 0.1) is 10.2 Å². The van der Waals surface area contributed by atoms with Crippen LogP contribution < -0.4 is 5.48 Å². The fraction of sp³-hybridized carbons (Fsp3) is 0.0667. The Morgan fingerprint density at radius 2 is 1.80 bits per heavy atom. The Labute approximate surface area is 119 Å². The van der Waals surface area contributed by atoms with Gasteiger partial charge in [0.25, 0.3) is 5.91 Å². The summed E-state index contributed by atoms with van der Waals surface area (Å²) in [7, 11) is 0. The van der Waals surface area contributed by atoms with Crippen LogP contribution in [0.5, 0.6) is 0 Å². The van der Waals surface area contributed by atoms with Crippen LogP contribution in [-0.4, -0.2) is 16.1 Å². The summed E-state index contributed by atoms with van der Waals surface area (Å²) >= 11 is 1.46. The number of fused-ring (bicyclic) bond motifs is 1. The fourth-order valence-electron chi connectivity index (χ4n) is 2.13. The predicted octanol–water partition coefficient (Wildman–Crippen LogP) is 2.93. The largest absolute Gasteiger partial charge is 0.289 e. The molecule has 20 heavy (non-hydrogen) atoms. The molecule has 0 aliphatic heterocycles. The molecule has 4 nitrogen and oxygen atoms in total. The number of para-hydroxylation sites is 1. The molecule has 1 atom stereocenters. The first-order chi connectivity index (χ1) is 9.79. The lowest BCUT2D eigenvalue weighted by Gasteiger charge is -2.12. The molecule has 0 saturated heterocycles. The van der Waals surface area contributed by atoms with Crippen LogP contribution in [0.25, 0.3) is 10.2 Å². The lowest BCUT2D eigenvalue weighted by Crippen LogP contribution is -2.27. The van der Waals surface area contributed by atoms with Gasteiger partial charge in [-0.3, -0.25) is 10.0 Å². The van der Waals surface area contributed by atoms with Crippen molar-refractivity contribution in [3.63, 3.8) is 0 Å². The third kappa shape index (κ3) is 2.29. The number of benzene rings is 2. The van der Waals surface area contributed by atoms with Crippen molar-refractivity contribution in [1.29, 1.82) is 0 Å². The number of aromatic nitrogens is 1. The molecule has 100 valence electrons. The van der Waals surface area contributed by atoms with Gasteiger partial charge in [-0.1, -0.05) is 42.5 Å². The first-order valence-electron chi connectivity index (χ1n) is 6.14. The minimum Gasteiger partial charge on any atom is -0.289 e. The standard InChI is InChI=1S/C15H12N2O2S/c18-14(17-19)13(10-6-2-1-3-7-10)15-16-11-8-4-5-9-12(11)20-15/h1-9,13,19H,(H,17,18). The van der Waals surface area contributed by atoms with Gasteiger partial charge < -0.3 is 0 Å². The van der Waals surface area contributed by atoms with E-state index in [2.05, 4.69) is 4.98 Å². The average molecular weight is 284 g/mol. The van der Waals surface area contributed by atoms with Crippen molar-refractivity contribution in [3.8, 4) is 0 Å². The van der Waals surface area contributed by atoms with Crippen molar-refractivity contribution in [3.05, 3.63) is 65.2 Å². The van der Waals surface area contributed by atoms with Gasteiger partial charge in [0, 0.05) is 0 Å². The van der Waals surface area contributed by atoms with Gasteiger partial charge in [-0.25, -0.2) is 10.5 Å². The number of rotatable bonds is 3. The molecule has 3 aromatic rings. The van der Waals surface area contributed by atoms with Crippen molar-refractivity contribution in [1.82, 2.24) is 10.5 Å². The molecule has 2 N–H and O–H groups in total. The van der Waals surface area contributed by atoms with E-state index in [4.69, 9.17) is 5.21 Å². The van der Waals surface area contributed by atoms with Gasteiger partial charge in [-0.05, 0) is 17.7 Å². The summed E-state index contributed by atoms with van der Waals surface area (Å²) < 4.78 is 1.02. The smallest absolute Gasteiger partial charge is 0.257 e. The van der Waals surface area contributed by atoms with Crippen LogP contribution in [0.3, 0.4) is 0 Å². The molecule has 0 fully saturated rings. The molecule has 1 amide bonds. The zero-order valence-electron chi connectivity index (χ0n) is 10.5. The van der Waals surface area contributed by atoms with Gasteiger partial charge in [0.2, 0.25) is 0 Å². The molecule has 0 aliphatic carbocycles. The van der Waals surface area contributed by atoms with Crippen LogP contribution in [0.1, 0.15) is 16.5 Å². The van der Waals surface area contributed by atoms with Gasteiger partial charge in [-0.15, -0.1) is 11.3 Å². The topological polar surface area (TPSA) is 62.2 Å². The number of thiazole rings is 1. The molecule has 1 aromatic heterocycles. The van der Waals surface area contributed by atoms with Crippen LogP contribution in [0.15, 0.2) is 54.6 Å². The van der Waals surface area contributed by atoms with E-state index in [1.54, 1.807) is 5.48 Å². The second-order valence-corrected chi connectivity index (χ2v) is 5.40. The van der Waals surface area contributed by atoms with E-state index < -0.39 is 11.8 Å². The minimum absolute atomic E-state index is 0.477. The molecule has 0 aliphatic rings. The van der Waals surface area contributed by atoms with Gasteiger partial charge in [0.1, 0.15) is 10.9 Å². The maximum absolute atomic E-state index is 12.0. The van der Waals surface area contributed by atoms with Crippen LogP contribution in [0.2, 0.25) is 0 Å². The molecule has 3 rings (SSSR count).